The monoisotopic (exact) mass is 544 g/mol. The number of alkyl halides is 3. The van der Waals surface area contributed by atoms with E-state index in [1.807, 2.05) is 0 Å². The van der Waals surface area contributed by atoms with Crippen LogP contribution < -0.4 is 20.5 Å². The van der Waals surface area contributed by atoms with Gasteiger partial charge in [0.2, 0.25) is 5.91 Å². The highest BCUT2D eigenvalue weighted by atomic mass is 127. The van der Waals surface area contributed by atoms with Crippen LogP contribution >= 0.6 is 24.0 Å². The number of rotatable bonds is 7. The standard InChI is InChI=1S/C19H27F3N4O3.HI/c1-24-18(26-7-3-4-14(11-26)9-17(23)27)25-10-13-5-6-15(16(8-13)28-2)29-12-19(20,21)22;/h5-6,8,14H,3-4,7,9-12H2,1-2H3,(H2,23,27)(H,24,25);1H. The van der Waals surface area contributed by atoms with Crippen molar-refractivity contribution in [2.45, 2.75) is 32.0 Å². The van der Waals surface area contributed by atoms with Crippen molar-refractivity contribution >= 4 is 35.8 Å². The Bertz CT molecular complexity index is 731. The van der Waals surface area contributed by atoms with E-state index in [-0.39, 0.29) is 47.3 Å². The van der Waals surface area contributed by atoms with Crippen LogP contribution in [0.25, 0.3) is 0 Å². The van der Waals surface area contributed by atoms with Crippen molar-refractivity contribution in [2.24, 2.45) is 16.6 Å². The summed E-state index contributed by atoms with van der Waals surface area (Å²) in [6.45, 7) is 0.535. The molecule has 1 aliphatic heterocycles. The van der Waals surface area contributed by atoms with E-state index in [1.54, 1.807) is 19.2 Å². The molecular weight excluding hydrogens is 516 g/mol. The lowest BCUT2D eigenvalue weighted by Crippen LogP contribution is -2.46. The van der Waals surface area contributed by atoms with Crippen LogP contribution in [0.15, 0.2) is 23.2 Å². The van der Waals surface area contributed by atoms with E-state index in [0.29, 0.717) is 25.5 Å². The molecular formula is C19H28F3IN4O3. The summed E-state index contributed by atoms with van der Waals surface area (Å²) < 4.78 is 47.0. The molecule has 11 heteroatoms. The first-order valence-electron chi connectivity index (χ1n) is 9.32. The van der Waals surface area contributed by atoms with Gasteiger partial charge in [-0.1, -0.05) is 6.07 Å². The Morgan fingerprint density at radius 2 is 2.10 bits per heavy atom. The first-order valence-corrected chi connectivity index (χ1v) is 9.32. The summed E-state index contributed by atoms with van der Waals surface area (Å²) in [6, 6.07) is 4.74. The molecule has 0 saturated carbocycles. The van der Waals surface area contributed by atoms with Gasteiger partial charge in [0.05, 0.1) is 7.11 Å². The number of hydrogen-bond acceptors (Lipinski definition) is 4. The number of nitrogens with one attached hydrogen (secondary N) is 1. The number of ether oxygens (including phenoxy) is 2. The van der Waals surface area contributed by atoms with Gasteiger partial charge in [-0.15, -0.1) is 24.0 Å². The van der Waals surface area contributed by atoms with Crippen LogP contribution in [0.1, 0.15) is 24.8 Å². The normalized spacial score (nSPS) is 17.2. The molecule has 3 N–H and O–H groups in total. The number of amides is 1. The van der Waals surface area contributed by atoms with Gasteiger partial charge in [-0.3, -0.25) is 9.79 Å². The van der Waals surface area contributed by atoms with Crippen LogP contribution in [0, 0.1) is 5.92 Å². The lowest BCUT2D eigenvalue weighted by Gasteiger charge is -2.34. The van der Waals surface area contributed by atoms with Crippen LogP contribution in [0.2, 0.25) is 0 Å². The van der Waals surface area contributed by atoms with Crippen molar-refractivity contribution in [3.63, 3.8) is 0 Å². The summed E-state index contributed by atoms with van der Waals surface area (Å²) in [5, 5.41) is 3.24. The second-order valence-electron chi connectivity index (χ2n) is 6.91. The molecule has 1 aromatic carbocycles. The fourth-order valence-corrected chi connectivity index (χ4v) is 3.32. The van der Waals surface area contributed by atoms with Crippen molar-refractivity contribution in [2.75, 3.05) is 33.9 Å². The number of primary amides is 1. The Kier molecular flexibility index (Phi) is 10.5. The molecule has 1 fully saturated rings. The molecule has 0 aliphatic carbocycles. The Labute approximate surface area is 191 Å². The van der Waals surface area contributed by atoms with Crippen LogP contribution in [0.5, 0.6) is 11.5 Å². The number of carbonyl (C=O) groups excluding carboxylic acids is 1. The predicted molar refractivity (Wildman–Crippen MR) is 118 cm³/mol. The number of guanidine groups is 1. The molecule has 1 aromatic rings. The average Bonchev–Trinajstić information content (AvgIpc) is 2.66. The van der Waals surface area contributed by atoms with Gasteiger partial charge in [-0.05, 0) is 36.5 Å². The maximum Gasteiger partial charge on any atom is 0.422 e. The molecule has 1 amide bonds. The topological polar surface area (TPSA) is 89.2 Å². The van der Waals surface area contributed by atoms with Gasteiger partial charge in [0, 0.05) is 33.1 Å². The van der Waals surface area contributed by atoms with E-state index in [9.17, 15) is 18.0 Å². The Hall–Kier alpha value is -1.92. The van der Waals surface area contributed by atoms with Crippen LogP contribution in [-0.2, 0) is 11.3 Å². The molecule has 1 saturated heterocycles. The van der Waals surface area contributed by atoms with Gasteiger partial charge < -0.3 is 25.4 Å². The Morgan fingerprint density at radius 1 is 1.37 bits per heavy atom. The van der Waals surface area contributed by atoms with Crippen LogP contribution in [0.3, 0.4) is 0 Å². The fraction of sp³-hybridized carbons (Fsp3) is 0.579. The number of likely N-dealkylation sites (tertiary alicyclic amines) is 1. The number of piperidine rings is 1. The van der Waals surface area contributed by atoms with Crippen LogP contribution in [0.4, 0.5) is 13.2 Å². The summed E-state index contributed by atoms with van der Waals surface area (Å²) in [7, 11) is 3.05. The van der Waals surface area contributed by atoms with Gasteiger partial charge >= 0.3 is 6.18 Å². The number of nitrogens with zero attached hydrogens (tertiary/aromatic N) is 2. The summed E-state index contributed by atoms with van der Waals surface area (Å²) >= 11 is 0. The van der Waals surface area contributed by atoms with Gasteiger partial charge in [0.1, 0.15) is 0 Å². The number of nitrogens with two attached hydrogens (primary N) is 1. The molecule has 170 valence electrons. The van der Waals surface area contributed by atoms with Crippen LogP contribution in [-0.4, -0.2) is 56.8 Å². The van der Waals surface area contributed by atoms with Crippen molar-refractivity contribution in [3.8, 4) is 11.5 Å². The zero-order valence-electron chi connectivity index (χ0n) is 17.0. The highest BCUT2D eigenvalue weighted by molar-refractivity contribution is 14.0. The SMILES string of the molecule is CN=C(NCc1ccc(OCC(F)(F)F)c(OC)c1)N1CCCC(CC(N)=O)C1.I. The van der Waals surface area contributed by atoms with E-state index in [4.69, 9.17) is 15.2 Å². The van der Waals surface area contributed by atoms with Crippen molar-refractivity contribution in [1.29, 1.82) is 0 Å². The van der Waals surface area contributed by atoms with Gasteiger partial charge in [0.25, 0.3) is 0 Å². The summed E-state index contributed by atoms with van der Waals surface area (Å²) in [4.78, 5) is 17.6. The van der Waals surface area contributed by atoms with E-state index in [0.717, 1.165) is 24.9 Å². The zero-order valence-corrected chi connectivity index (χ0v) is 19.3. The second-order valence-corrected chi connectivity index (χ2v) is 6.91. The molecule has 30 heavy (non-hydrogen) atoms. The first-order chi connectivity index (χ1) is 13.7. The maximum absolute atomic E-state index is 12.4. The second kappa shape index (κ2) is 12.1. The molecule has 1 heterocycles. The van der Waals surface area contributed by atoms with E-state index in [2.05, 4.69) is 15.2 Å². The molecule has 0 radical (unpaired) electrons. The number of benzene rings is 1. The number of hydrogen-bond donors (Lipinski definition) is 2. The third kappa shape index (κ3) is 8.44. The van der Waals surface area contributed by atoms with Crippen molar-refractivity contribution in [3.05, 3.63) is 23.8 Å². The number of aliphatic imine (C=N–C) groups is 1. The Balaban J connectivity index is 0.00000450. The third-order valence-electron chi connectivity index (χ3n) is 4.59. The molecule has 1 unspecified atom stereocenters. The third-order valence-corrected chi connectivity index (χ3v) is 4.59. The van der Waals surface area contributed by atoms with Gasteiger partial charge in [-0.2, -0.15) is 13.2 Å². The smallest absolute Gasteiger partial charge is 0.422 e. The molecule has 1 aliphatic rings. The molecule has 0 aromatic heterocycles. The minimum absolute atomic E-state index is 0. The lowest BCUT2D eigenvalue weighted by atomic mass is 9.95. The van der Waals surface area contributed by atoms with Gasteiger partial charge in [-0.25, -0.2) is 0 Å². The predicted octanol–water partition coefficient (Wildman–Crippen LogP) is 2.92. The minimum Gasteiger partial charge on any atom is -0.493 e. The molecule has 7 nitrogen and oxygen atoms in total. The number of methoxy groups -OCH3 is 1. The number of carbonyl (C=O) groups is 1. The van der Waals surface area contributed by atoms with E-state index in [1.165, 1.54) is 13.2 Å². The Morgan fingerprint density at radius 3 is 2.70 bits per heavy atom. The lowest BCUT2D eigenvalue weighted by molar-refractivity contribution is -0.153. The summed E-state index contributed by atoms with van der Waals surface area (Å²) in [6.07, 6.45) is -2.17. The number of halogens is 4. The maximum atomic E-state index is 12.4. The van der Waals surface area contributed by atoms with E-state index < -0.39 is 12.8 Å². The first kappa shape index (κ1) is 26.1. The molecule has 2 rings (SSSR count). The molecule has 1 atom stereocenters. The van der Waals surface area contributed by atoms with Crippen molar-refractivity contribution in [1.82, 2.24) is 10.2 Å². The highest BCUT2D eigenvalue weighted by Crippen LogP contribution is 2.30. The van der Waals surface area contributed by atoms with Crippen molar-refractivity contribution < 1.29 is 27.4 Å². The molecule has 0 spiro atoms. The summed E-state index contributed by atoms with van der Waals surface area (Å²) in [5.74, 6) is 0.839. The average molecular weight is 544 g/mol. The zero-order chi connectivity index (χ0) is 21.4. The largest absolute Gasteiger partial charge is 0.493 e. The molecule has 0 bridgehead atoms. The quantitative estimate of drug-likeness (QED) is 0.313. The van der Waals surface area contributed by atoms with E-state index >= 15 is 0 Å². The van der Waals surface area contributed by atoms with Gasteiger partial charge in [0.15, 0.2) is 24.1 Å². The minimum atomic E-state index is -4.42. The fourth-order valence-electron chi connectivity index (χ4n) is 3.32. The highest BCUT2D eigenvalue weighted by Gasteiger charge is 2.29. The summed E-state index contributed by atoms with van der Waals surface area (Å²) in [5.41, 5.74) is 6.11.